The zero-order valence-electron chi connectivity index (χ0n) is 9.94. The Morgan fingerprint density at radius 2 is 2.24 bits per heavy atom. The Morgan fingerprint density at radius 1 is 1.41 bits per heavy atom. The molecule has 1 aromatic rings. The summed E-state index contributed by atoms with van der Waals surface area (Å²) in [5.74, 6) is 2.84. The topological polar surface area (TPSA) is 29.4 Å². The Morgan fingerprint density at radius 3 is 3.00 bits per heavy atom. The van der Waals surface area contributed by atoms with E-state index in [9.17, 15) is 4.79 Å². The van der Waals surface area contributed by atoms with Crippen LogP contribution < -0.4 is 0 Å². The number of hydrogen-bond donors (Lipinski definition) is 0. The van der Waals surface area contributed by atoms with Crippen molar-refractivity contribution < 1.29 is 4.79 Å². The standard InChI is InChI=1S/C15H15NO/c1-3-12-6-4-7-13(10-12)16-14-8-5-9-15(17)11(14)2/h1,4,6-7,10-11H,5,8-9H2,2H3. The number of terminal acetylenes is 1. The van der Waals surface area contributed by atoms with E-state index in [2.05, 4.69) is 10.9 Å². The van der Waals surface area contributed by atoms with Crippen LogP contribution in [-0.2, 0) is 4.79 Å². The van der Waals surface area contributed by atoms with Gasteiger partial charge in [0.15, 0.2) is 0 Å². The Balaban J connectivity index is 2.29. The van der Waals surface area contributed by atoms with Crippen molar-refractivity contribution in [1.29, 1.82) is 0 Å². The zero-order chi connectivity index (χ0) is 12.3. The van der Waals surface area contributed by atoms with Gasteiger partial charge >= 0.3 is 0 Å². The second-order valence-corrected chi connectivity index (χ2v) is 4.34. The van der Waals surface area contributed by atoms with Crippen molar-refractivity contribution >= 4 is 17.2 Å². The van der Waals surface area contributed by atoms with Crippen molar-refractivity contribution in [3.8, 4) is 12.3 Å². The predicted molar refractivity (Wildman–Crippen MR) is 69.5 cm³/mol. The molecular formula is C15H15NO. The summed E-state index contributed by atoms with van der Waals surface area (Å²) in [6, 6.07) is 7.56. The molecule has 1 saturated carbocycles. The quantitative estimate of drug-likeness (QED) is 0.675. The normalized spacial score (nSPS) is 22.5. The molecule has 1 aliphatic carbocycles. The van der Waals surface area contributed by atoms with Gasteiger partial charge in [0, 0.05) is 17.7 Å². The van der Waals surface area contributed by atoms with Gasteiger partial charge in [-0.3, -0.25) is 9.79 Å². The fourth-order valence-electron chi connectivity index (χ4n) is 2.05. The Bertz CT molecular complexity index is 508. The van der Waals surface area contributed by atoms with E-state index in [1.165, 1.54) is 0 Å². The van der Waals surface area contributed by atoms with Gasteiger partial charge in [-0.05, 0) is 31.0 Å². The molecular weight excluding hydrogens is 210 g/mol. The van der Waals surface area contributed by atoms with Crippen LogP contribution in [0.2, 0.25) is 0 Å². The van der Waals surface area contributed by atoms with Crippen molar-refractivity contribution in [3.05, 3.63) is 29.8 Å². The molecule has 1 atom stereocenters. The third-order valence-electron chi connectivity index (χ3n) is 3.12. The van der Waals surface area contributed by atoms with E-state index < -0.39 is 0 Å². The third-order valence-corrected chi connectivity index (χ3v) is 3.12. The molecule has 1 fully saturated rings. The number of aliphatic imine (C=N–C) groups is 1. The molecule has 0 radical (unpaired) electrons. The first-order valence-corrected chi connectivity index (χ1v) is 5.87. The molecule has 0 amide bonds. The first-order chi connectivity index (χ1) is 8.20. The van der Waals surface area contributed by atoms with Crippen molar-refractivity contribution in [2.24, 2.45) is 10.9 Å². The monoisotopic (exact) mass is 225 g/mol. The fraction of sp³-hybridized carbons (Fsp3) is 0.333. The highest BCUT2D eigenvalue weighted by Crippen LogP contribution is 2.22. The maximum atomic E-state index is 11.6. The Kier molecular flexibility index (Phi) is 3.39. The zero-order valence-corrected chi connectivity index (χ0v) is 9.94. The predicted octanol–water partition coefficient (Wildman–Crippen LogP) is 3.13. The summed E-state index contributed by atoms with van der Waals surface area (Å²) in [4.78, 5) is 16.2. The summed E-state index contributed by atoms with van der Waals surface area (Å²) in [6.07, 6.45) is 7.86. The van der Waals surface area contributed by atoms with Crippen molar-refractivity contribution in [2.45, 2.75) is 26.2 Å². The number of nitrogens with zero attached hydrogens (tertiary/aromatic N) is 1. The summed E-state index contributed by atoms with van der Waals surface area (Å²) in [7, 11) is 0. The number of carbonyl (C=O) groups excluding carboxylic acids is 1. The maximum Gasteiger partial charge on any atom is 0.141 e. The van der Waals surface area contributed by atoms with Crippen LogP contribution in [0.15, 0.2) is 29.3 Å². The van der Waals surface area contributed by atoms with E-state index in [1.54, 1.807) is 0 Å². The molecule has 0 bridgehead atoms. The van der Waals surface area contributed by atoms with Crippen molar-refractivity contribution in [1.82, 2.24) is 0 Å². The van der Waals surface area contributed by atoms with Crippen LogP contribution in [0.3, 0.4) is 0 Å². The molecule has 0 aromatic heterocycles. The lowest BCUT2D eigenvalue weighted by Crippen LogP contribution is -2.25. The summed E-state index contributed by atoms with van der Waals surface area (Å²) in [5, 5.41) is 0. The van der Waals surface area contributed by atoms with Gasteiger partial charge in [-0.25, -0.2) is 0 Å². The van der Waals surface area contributed by atoms with Gasteiger partial charge in [0.25, 0.3) is 0 Å². The molecule has 0 N–H and O–H groups in total. The number of rotatable bonds is 1. The maximum absolute atomic E-state index is 11.6. The molecule has 2 rings (SSSR count). The van der Waals surface area contributed by atoms with E-state index in [4.69, 9.17) is 6.42 Å². The van der Waals surface area contributed by atoms with Crippen LogP contribution in [0.1, 0.15) is 31.7 Å². The molecule has 1 unspecified atom stereocenters. The van der Waals surface area contributed by atoms with E-state index in [1.807, 2.05) is 31.2 Å². The van der Waals surface area contributed by atoms with Crippen LogP contribution >= 0.6 is 0 Å². The molecule has 86 valence electrons. The average molecular weight is 225 g/mol. The minimum absolute atomic E-state index is 0.0433. The molecule has 17 heavy (non-hydrogen) atoms. The van der Waals surface area contributed by atoms with Gasteiger partial charge in [0.2, 0.25) is 0 Å². The van der Waals surface area contributed by atoms with Crippen molar-refractivity contribution in [3.63, 3.8) is 0 Å². The lowest BCUT2D eigenvalue weighted by molar-refractivity contribution is -0.121. The molecule has 2 nitrogen and oxygen atoms in total. The second-order valence-electron chi connectivity index (χ2n) is 4.34. The SMILES string of the molecule is C#Cc1cccc(N=C2CCCC(=O)C2C)c1. The highest BCUT2D eigenvalue weighted by molar-refractivity contribution is 6.07. The van der Waals surface area contributed by atoms with Gasteiger partial charge in [0.1, 0.15) is 5.78 Å². The van der Waals surface area contributed by atoms with Gasteiger partial charge in [-0.1, -0.05) is 18.9 Å². The summed E-state index contributed by atoms with van der Waals surface area (Å²) < 4.78 is 0. The van der Waals surface area contributed by atoms with Gasteiger partial charge in [0.05, 0.1) is 11.6 Å². The Labute approximate surface area is 102 Å². The van der Waals surface area contributed by atoms with Gasteiger partial charge < -0.3 is 0 Å². The number of carbonyl (C=O) groups is 1. The molecule has 0 saturated heterocycles. The molecule has 1 aliphatic rings. The van der Waals surface area contributed by atoms with E-state index in [-0.39, 0.29) is 5.92 Å². The number of hydrogen-bond acceptors (Lipinski definition) is 2. The summed E-state index contributed by atoms with van der Waals surface area (Å²) in [5.41, 5.74) is 2.65. The van der Waals surface area contributed by atoms with E-state index in [0.29, 0.717) is 12.2 Å². The van der Waals surface area contributed by atoms with Gasteiger partial charge in [-0.2, -0.15) is 0 Å². The summed E-state index contributed by atoms with van der Waals surface area (Å²) >= 11 is 0. The van der Waals surface area contributed by atoms with Crippen LogP contribution in [0.4, 0.5) is 5.69 Å². The summed E-state index contributed by atoms with van der Waals surface area (Å²) in [6.45, 7) is 1.94. The minimum atomic E-state index is -0.0433. The molecule has 0 aliphatic heterocycles. The smallest absolute Gasteiger partial charge is 0.141 e. The average Bonchev–Trinajstić information content (AvgIpc) is 2.35. The highest BCUT2D eigenvalue weighted by Gasteiger charge is 2.23. The van der Waals surface area contributed by atoms with Crippen LogP contribution in [0, 0.1) is 18.3 Å². The Hall–Kier alpha value is -1.88. The molecule has 1 aromatic carbocycles. The molecule has 0 spiro atoms. The first kappa shape index (κ1) is 11.6. The van der Waals surface area contributed by atoms with E-state index in [0.717, 1.165) is 29.8 Å². The third kappa shape index (κ3) is 2.62. The minimum Gasteiger partial charge on any atom is -0.299 e. The highest BCUT2D eigenvalue weighted by atomic mass is 16.1. The second kappa shape index (κ2) is 4.97. The lowest BCUT2D eigenvalue weighted by Gasteiger charge is -2.19. The van der Waals surface area contributed by atoms with Crippen molar-refractivity contribution in [2.75, 3.05) is 0 Å². The fourth-order valence-corrected chi connectivity index (χ4v) is 2.05. The largest absolute Gasteiger partial charge is 0.299 e. The van der Waals surface area contributed by atoms with E-state index >= 15 is 0 Å². The van der Waals surface area contributed by atoms with Gasteiger partial charge in [-0.15, -0.1) is 6.42 Å². The number of Topliss-reactive ketones (excluding diaryl/α,β-unsaturated/α-hetero) is 1. The number of benzene rings is 1. The number of ketones is 1. The first-order valence-electron chi connectivity index (χ1n) is 5.87. The molecule has 2 heteroatoms. The van der Waals surface area contributed by atoms with Crippen LogP contribution in [0.25, 0.3) is 0 Å². The lowest BCUT2D eigenvalue weighted by atomic mass is 9.87. The van der Waals surface area contributed by atoms with Crippen LogP contribution in [0.5, 0.6) is 0 Å². The van der Waals surface area contributed by atoms with Crippen LogP contribution in [-0.4, -0.2) is 11.5 Å². The molecule has 0 heterocycles.